The molecule has 0 spiro atoms. The average Bonchev–Trinajstić information content (AvgIpc) is 2.92. The third kappa shape index (κ3) is 4.40. The summed E-state index contributed by atoms with van der Waals surface area (Å²) in [5.41, 5.74) is 0.131. The van der Waals surface area contributed by atoms with Gasteiger partial charge in [0.25, 0.3) is 0 Å². The number of likely N-dealkylation sites (N-methyl/N-ethyl adjacent to an activating group) is 1. The minimum atomic E-state index is -2.66. The Labute approximate surface area is 135 Å². The fraction of sp³-hybridized carbons (Fsp3) is 0.733. The van der Waals surface area contributed by atoms with E-state index in [0.717, 1.165) is 24.0 Å². The van der Waals surface area contributed by atoms with Crippen molar-refractivity contribution in [2.45, 2.75) is 45.8 Å². The number of hydrogen-bond donors (Lipinski definition) is 2. The van der Waals surface area contributed by atoms with Gasteiger partial charge in [-0.2, -0.15) is 8.78 Å². The van der Waals surface area contributed by atoms with Gasteiger partial charge < -0.3 is 15.5 Å². The van der Waals surface area contributed by atoms with Crippen LogP contribution in [0.5, 0.6) is 0 Å². The predicted molar refractivity (Wildman–Crippen MR) is 83.2 cm³/mol. The number of hydrogen-bond acceptors (Lipinski definition) is 3. The first-order chi connectivity index (χ1) is 10.8. The molecule has 2 N–H and O–H groups in total. The number of piperidine rings is 1. The maximum absolute atomic E-state index is 12.7. The van der Waals surface area contributed by atoms with Gasteiger partial charge in [0.05, 0.1) is 6.54 Å². The van der Waals surface area contributed by atoms with Gasteiger partial charge in [-0.15, -0.1) is 0 Å². The van der Waals surface area contributed by atoms with Crippen LogP contribution in [0.3, 0.4) is 0 Å². The van der Waals surface area contributed by atoms with Crippen LogP contribution in [0.15, 0.2) is 12.4 Å². The third-order valence-electron chi connectivity index (χ3n) is 4.59. The maximum Gasteiger partial charge on any atom is 0.319 e. The van der Waals surface area contributed by atoms with Crippen LogP contribution in [0.1, 0.15) is 39.1 Å². The number of carbonyl (C=O) groups excluding carboxylic acids is 1. The molecule has 0 aliphatic carbocycles. The number of halogens is 2. The van der Waals surface area contributed by atoms with E-state index in [1.54, 1.807) is 0 Å². The van der Waals surface area contributed by atoms with Crippen molar-refractivity contribution in [1.29, 1.82) is 0 Å². The number of carbonyl (C=O) groups is 1. The summed E-state index contributed by atoms with van der Waals surface area (Å²) in [5, 5.41) is 5.41. The number of nitrogens with one attached hydrogen (secondary N) is 2. The second-order valence-corrected chi connectivity index (χ2v) is 6.68. The second kappa shape index (κ2) is 7.25. The summed E-state index contributed by atoms with van der Waals surface area (Å²) >= 11 is 0. The number of rotatable bonds is 5. The van der Waals surface area contributed by atoms with Crippen LogP contribution in [0.4, 0.5) is 13.6 Å². The van der Waals surface area contributed by atoms with Crippen LogP contribution >= 0.6 is 0 Å². The third-order valence-corrected chi connectivity index (χ3v) is 4.59. The van der Waals surface area contributed by atoms with Gasteiger partial charge in [0, 0.05) is 25.0 Å². The molecule has 0 aromatic carbocycles. The van der Waals surface area contributed by atoms with Gasteiger partial charge in [0.2, 0.25) is 0 Å². The van der Waals surface area contributed by atoms with Crippen molar-refractivity contribution < 1.29 is 13.6 Å². The molecular weight excluding hydrogens is 304 g/mol. The number of amides is 2. The van der Waals surface area contributed by atoms with Crippen LogP contribution < -0.4 is 10.6 Å². The molecule has 0 bridgehead atoms. The highest BCUT2D eigenvalue weighted by atomic mass is 19.3. The Morgan fingerprint density at radius 3 is 2.87 bits per heavy atom. The Kier molecular flexibility index (Phi) is 5.56. The van der Waals surface area contributed by atoms with Crippen LogP contribution in [0.2, 0.25) is 0 Å². The van der Waals surface area contributed by atoms with Gasteiger partial charge >= 0.3 is 12.6 Å². The topological polar surface area (TPSA) is 62.2 Å². The molecule has 1 aliphatic rings. The van der Waals surface area contributed by atoms with E-state index in [2.05, 4.69) is 41.4 Å². The summed E-state index contributed by atoms with van der Waals surface area (Å²) in [6.45, 7) is 3.25. The minimum absolute atomic E-state index is 0.0347. The lowest BCUT2D eigenvalue weighted by molar-refractivity contribution is 0.0596. The standard InChI is InChI=1S/C15H25F2N5O/c1-15(2)5-4-7-21(3)11(15)9-19-14(23)20-10-12-18-6-8-22(12)13(16)17/h6,8,11,13H,4-5,7,9-10H2,1-3H3,(H2,19,20,23)/t11-/m0/s1. The Bertz CT molecular complexity index is 532. The molecule has 1 aromatic rings. The molecule has 23 heavy (non-hydrogen) atoms. The summed E-state index contributed by atoms with van der Waals surface area (Å²) in [6.07, 6.45) is 4.76. The van der Waals surface area contributed by atoms with Crippen LogP contribution in [-0.4, -0.2) is 46.7 Å². The molecule has 2 rings (SSSR count). The molecule has 2 heterocycles. The molecule has 0 saturated carbocycles. The van der Waals surface area contributed by atoms with Crippen LogP contribution in [0.25, 0.3) is 0 Å². The molecule has 1 saturated heterocycles. The number of likely N-dealkylation sites (tertiary alicyclic amines) is 1. The monoisotopic (exact) mass is 329 g/mol. The van der Waals surface area contributed by atoms with E-state index in [1.165, 1.54) is 12.4 Å². The highest BCUT2D eigenvalue weighted by Crippen LogP contribution is 2.33. The quantitative estimate of drug-likeness (QED) is 0.870. The number of urea groups is 1. The van der Waals surface area contributed by atoms with E-state index < -0.39 is 6.55 Å². The molecule has 1 aliphatic heterocycles. The van der Waals surface area contributed by atoms with E-state index in [-0.39, 0.29) is 29.9 Å². The molecule has 1 fully saturated rings. The van der Waals surface area contributed by atoms with Crippen molar-refractivity contribution in [3.63, 3.8) is 0 Å². The summed E-state index contributed by atoms with van der Waals surface area (Å²) in [6, 6.07) is -0.117. The first-order valence-corrected chi connectivity index (χ1v) is 7.83. The second-order valence-electron chi connectivity index (χ2n) is 6.68. The highest BCUT2D eigenvalue weighted by molar-refractivity contribution is 5.73. The Hall–Kier alpha value is -1.70. The van der Waals surface area contributed by atoms with Crippen LogP contribution in [-0.2, 0) is 6.54 Å². The number of nitrogens with zero attached hydrogens (tertiary/aromatic N) is 3. The van der Waals surface area contributed by atoms with Gasteiger partial charge in [0.15, 0.2) is 0 Å². The van der Waals surface area contributed by atoms with Crippen molar-refractivity contribution in [2.75, 3.05) is 20.1 Å². The zero-order valence-electron chi connectivity index (χ0n) is 13.9. The Balaban J connectivity index is 1.82. The van der Waals surface area contributed by atoms with Gasteiger partial charge in [-0.3, -0.25) is 4.57 Å². The summed E-state index contributed by atoms with van der Waals surface area (Å²) in [7, 11) is 2.06. The van der Waals surface area contributed by atoms with E-state index in [4.69, 9.17) is 0 Å². The lowest BCUT2D eigenvalue weighted by Crippen LogP contribution is -2.54. The minimum Gasteiger partial charge on any atom is -0.337 e. The number of alkyl halides is 2. The zero-order valence-corrected chi connectivity index (χ0v) is 13.9. The summed E-state index contributed by atoms with van der Waals surface area (Å²) in [4.78, 5) is 18.0. The maximum atomic E-state index is 12.7. The fourth-order valence-corrected chi connectivity index (χ4v) is 3.21. The number of aromatic nitrogens is 2. The molecule has 8 heteroatoms. The summed E-state index contributed by atoms with van der Waals surface area (Å²) < 4.78 is 26.1. The predicted octanol–water partition coefficient (Wildman–Crippen LogP) is 2.20. The van der Waals surface area contributed by atoms with Gasteiger partial charge in [-0.25, -0.2) is 9.78 Å². The van der Waals surface area contributed by atoms with E-state index in [1.807, 2.05) is 0 Å². The molecule has 130 valence electrons. The molecule has 1 atom stereocenters. The number of imidazole rings is 1. The normalized spacial score (nSPS) is 21.4. The van der Waals surface area contributed by atoms with Crippen molar-refractivity contribution in [1.82, 2.24) is 25.1 Å². The Morgan fingerprint density at radius 1 is 1.48 bits per heavy atom. The zero-order chi connectivity index (χ0) is 17.0. The first kappa shape index (κ1) is 17.7. The smallest absolute Gasteiger partial charge is 0.319 e. The van der Waals surface area contributed by atoms with Crippen molar-refractivity contribution in [3.8, 4) is 0 Å². The van der Waals surface area contributed by atoms with E-state index >= 15 is 0 Å². The van der Waals surface area contributed by atoms with Crippen molar-refractivity contribution in [2.24, 2.45) is 5.41 Å². The largest absolute Gasteiger partial charge is 0.337 e. The first-order valence-electron chi connectivity index (χ1n) is 7.83. The lowest BCUT2D eigenvalue weighted by Gasteiger charge is -2.45. The molecule has 6 nitrogen and oxygen atoms in total. The lowest BCUT2D eigenvalue weighted by atomic mass is 9.76. The molecule has 1 aromatic heterocycles. The highest BCUT2D eigenvalue weighted by Gasteiger charge is 2.35. The molecule has 0 unspecified atom stereocenters. The van der Waals surface area contributed by atoms with Crippen molar-refractivity contribution >= 4 is 6.03 Å². The van der Waals surface area contributed by atoms with Gasteiger partial charge in [-0.1, -0.05) is 13.8 Å². The van der Waals surface area contributed by atoms with Crippen molar-refractivity contribution in [3.05, 3.63) is 18.2 Å². The van der Waals surface area contributed by atoms with E-state index in [0.29, 0.717) is 6.54 Å². The Morgan fingerprint density at radius 2 is 2.22 bits per heavy atom. The summed E-state index contributed by atoms with van der Waals surface area (Å²) in [5.74, 6) is 0.130. The fourth-order valence-electron chi connectivity index (χ4n) is 3.21. The SMILES string of the molecule is CN1CCCC(C)(C)[C@@H]1CNC(=O)NCc1nccn1C(F)F. The van der Waals surface area contributed by atoms with Gasteiger partial charge in [0.1, 0.15) is 5.82 Å². The average molecular weight is 329 g/mol. The molecular formula is C15H25F2N5O. The van der Waals surface area contributed by atoms with E-state index in [9.17, 15) is 13.6 Å². The van der Waals surface area contributed by atoms with Gasteiger partial charge in [-0.05, 0) is 31.8 Å². The molecule has 2 amide bonds. The molecule has 0 radical (unpaired) electrons. The van der Waals surface area contributed by atoms with Crippen LogP contribution in [0, 0.1) is 5.41 Å².